The van der Waals surface area contributed by atoms with Crippen molar-refractivity contribution in [1.29, 1.82) is 0 Å². The van der Waals surface area contributed by atoms with Crippen LogP contribution in [0, 0.1) is 11.8 Å². The first kappa shape index (κ1) is 14.6. The molecule has 0 radical (unpaired) electrons. The molecule has 0 spiro atoms. The van der Waals surface area contributed by atoms with E-state index in [9.17, 15) is 9.59 Å². The molecule has 0 unspecified atom stereocenters. The number of carboxylic acid groups (broad SMARTS) is 1. The number of nitrogens with one attached hydrogen (secondary N) is 1. The minimum Gasteiger partial charge on any atom is -0.481 e. The van der Waals surface area contributed by atoms with Crippen molar-refractivity contribution in [2.45, 2.75) is 38.6 Å². The molecular weight excluding hydrogens is 258 g/mol. The normalized spacial score (nSPS) is 22.4. The van der Waals surface area contributed by atoms with Gasteiger partial charge in [-0.2, -0.15) is 5.10 Å². The van der Waals surface area contributed by atoms with Crippen molar-refractivity contribution in [3.63, 3.8) is 0 Å². The average molecular weight is 279 g/mol. The lowest BCUT2D eigenvalue weighted by Crippen LogP contribution is -2.40. The Balaban J connectivity index is 1.74. The van der Waals surface area contributed by atoms with Crippen LogP contribution in [0.4, 0.5) is 0 Å². The minimum atomic E-state index is -0.846. The SMILES string of the molecule is O=C(O)[C@H]1CCCC[C@H]1C(=O)NCCCn1cccn1. The molecule has 1 aromatic heterocycles. The zero-order chi connectivity index (χ0) is 14.4. The van der Waals surface area contributed by atoms with Crippen molar-refractivity contribution in [3.05, 3.63) is 18.5 Å². The van der Waals surface area contributed by atoms with Gasteiger partial charge < -0.3 is 10.4 Å². The molecule has 1 fully saturated rings. The summed E-state index contributed by atoms with van der Waals surface area (Å²) in [5, 5.41) is 16.1. The van der Waals surface area contributed by atoms with Gasteiger partial charge in [-0.25, -0.2) is 0 Å². The van der Waals surface area contributed by atoms with Crippen LogP contribution in [-0.2, 0) is 16.1 Å². The van der Waals surface area contributed by atoms with Crippen LogP contribution in [0.5, 0.6) is 0 Å². The van der Waals surface area contributed by atoms with E-state index in [0.717, 1.165) is 25.8 Å². The van der Waals surface area contributed by atoms with E-state index >= 15 is 0 Å². The van der Waals surface area contributed by atoms with Gasteiger partial charge in [0.25, 0.3) is 0 Å². The molecular formula is C14H21N3O3. The van der Waals surface area contributed by atoms with Crippen LogP contribution in [0.1, 0.15) is 32.1 Å². The minimum absolute atomic E-state index is 0.113. The Kier molecular flexibility index (Phi) is 5.15. The molecule has 0 bridgehead atoms. The maximum absolute atomic E-state index is 12.1. The van der Waals surface area contributed by atoms with Crippen molar-refractivity contribution >= 4 is 11.9 Å². The molecule has 1 saturated carbocycles. The fourth-order valence-corrected chi connectivity index (χ4v) is 2.76. The summed E-state index contributed by atoms with van der Waals surface area (Å²) >= 11 is 0. The van der Waals surface area contributed by atoms with E-state index in [2.05, 4.69) is 10.4 Å². The Hall–Kier alpha value is -1.85. The Morgan fingerprint density at radius 2 is 2.05 bits per heavy atom. The zero-order valence-corrected chi connectivity index (χ0v) is 11.5. The quantitative estimate of drug-likeness (QED) is 0.768. The first-order valence-corrected chi connectivity index (χ1v) is 7.16. The number of nitrogens with zero attached hydrogens (tertiary/aromatic N) is 2. The molecule has 2 rings (SSSR count). The summed E-state index contributed by atoms with van der Waals surface area (Å²) in [5.41, 5.74) is 0. The van der Waals surface area contributed by atoms with E-state index in [4.69, 9.17) is 5.11 Å². The topological polar surface area (TPSA) is 84.2 Å². The fourth-order valence-electron chi connectivity index (χ4n) is 2.76. The summed E-state index contributed by atoms with van der Waals surface area (Å²) in [6, 6.07) is 1.86. The predicted octanol–water partition coefficient (Wildman–Crippen LogP) is 1.28. The summed E-state index contributed by atoms with van der Waals surface area (Å²) in [6.45, 7) is 1.31. The van der Waals surface area contributed by atoms with Gasteiger partial charge in [-0.3, -0.25) is 14.3 Å². The number of aromatic nitrogens is 2. The van der Waals surface area contributed by atoms with Crippen molar-refractivity contribution in [2.75, 3.05) is 6.54 Å². The molecule has 1 aliphatic carbocycles. The third-order valence-corrected chi connectivity index (χ3v) is 3.84. The highest BCUT2D eigenvalue weighted by molar-refractivity contribution is 5.84. The highest BCUT2D eigenvalue weighted by Gasteiger charge is 2.35. The molecule has 1 heterocycles. The number of hydrogen-bond donors (Lipinski definition) is 2. The monoisotopic (exact) mass is 279 g/mol. The Labute approximate surface area is 118 Å². The van der Waals surface area contributed by atoms with Gasteiger partial charge in [-0.05, 0) is 25.3 Å². The Morgan fingerprint density at radius 1 is 1.30 bits per heavy atom. The number of carbonyl (C=O) groups excluding carboxylic acids is 1. The second kappa shape index (κ2) is 7.07. The molecule has 1 aromatic rings. The molecule has 0 aromatic carbocycles. The van der Waals surface area contributed by atoms with Crippen LogP contribution >= 0.6 is 0 Å². The third kappa shape index (κ3) is 3.82. The van der Waals surface area contributed by atoms with Crippen molar-refractivity contribution in [3.8, 4) is 0 Å². The number of hydrogen-bond acceptors (Lipinski definition) is 3. The van der Waals surface area contributed by atoms with Crippen molar-refractivity contribution in [2.24, 2.45) is 11.8 Å². The van der Waals surface area contributed by atoms with Gasteiger partial charge in [0, 0.05) is 25.5 Å². The van der Waals surface area contributed by atoms with Crippen LogP contribution in [0.15, 0.2) is 18.5 Å². The standard InChI is InChI=1S/C14H21N3O3/c18-13(11-5-1-2-6-12(11)14(19)20)15-7-3-9-17-10-4-8-16-17/h4,8,10-12H,1-3,5-7,9H2,(H,15,18)(H,19,20)/t11-,12+/m1/s1. The van der Waals surface area contributed by atoms with Gasteiger partial charge in [-0.15, -0.1) is 0 Å². The predicted molar refractivity (Wildman–Crippen MR) is 72.9 cm³/mol. The Morgan fingerprint density at radius 3 is 2.70 bits per heavy atom. The molecule has 2 atom stereocenters. The van der Waals surface area contributed by atoms with Gasteiger partial charge in [0.2, 0.25) is 5.91 Å². The second-order valence-electron chi connectivity index (χ2n) is 5.25. The van der Waals surface area contributed by atoms with Gasteiger partial charge in [0.05, 0.1) is 11.8 Å². The molecule has 0 saturated heterocycles. The van der Waals surface area contributed by atoms with E-state index < -0.39 is 11.9 Å². The van der Waals surface area contributed by atoms with E-state index in [1.54, 1.807) is 6.20 Å². The van der Waals surface area contributed by atoms with E-state index in [1.807, 2.05) is 16.9 Å². The number of carboxylic acids is 1. The van der Waals surface area contributed by atoms with Crippen LogP contribution in [0.2, 0.25) is 0 Å². The second-order valence-corrected chi connectivity index (χ2v) is 5.25. The number of amides is 1. The summed E-state index contributed by atoms with van der Waals surface area (Å²) < 4.78 is 1.81. The van der Waals surface area contributed by atoms with E-state index in [1.165, 1.54) is 0 Å². The number of aliphatic carboxylic acids is 1. The summed E-state index contributed by atoms with van der Waals surface area (Å²) in [5.74, 6) is -1.85. The lowest BCUT2D eigenvalue weighted by atomic mass is 9.79. The van der Waals surface area contributed by atoms with Gasteiger partial charge in [0.15, 0.2) is 0 Å². The maximum atomic E-state index is 12.1. The largest absolute Gasteiger partial charge is 0.481 e. The Bertz CT molecular complexity index is 445. The van der Waals surface area contributed by atoms with Crippen LogP contribution < -0.4 is 5.32 Å². The first-order valence-electron chi connectivity index (χ1n) is 7.16. The molecule has 110 valence electrons. The third-order valence-electron chi connectivity index (χ3n) is 3.84. The highest BCUT2D eigenvalue weighted by atomic mass is 16.4. The number of carbonyl (C=O) groups is 2. The molecule has 1 aliphatic rings. The molecule has 20 heavy (non-hydrogen) atoms. The molecule has 2 N–H and O–H groups in total. The van der Waals surface area contributed by atoms with Gasteiger partial charge >= 0.3 is 5.97 Å². The smallest absolute Gasteiger partial charge is 0.307 e. The van der Waals surface area contributed by atoms with Crippen molar-refractivity contribution < 1.29 is 14.7 Å². The summed E-state index contributed by atoms with van der Waals surface area (Å²) in [4.78, 5) is 23.2. The van der Waals surface area contributed by atoms with Crippen molar-refractivity contribution in [1.82, 2.24) is 15.1 Å². The van der Waals surface area contributed by atoms with Crippen LogP contribution in [-0.4, -0.2) is 33.3 Å². The first-order chi connectivity index (χ1) is 9.68. The molecule has 6 nitrogen and oxygen atoms in total. The maximum Gasteiger partial charge on any atom is 0.307 e. The number of rotatable bonds is 6. The average Bonchev–Trinajstić information content (AvgIpc) is 2.96. The van der Waals surface area contributed by atoms with Crippen LogP contribution in [0.25, 0.3) is 0 Å². The summed E-state index contributed by atoms with van der Waals surface area (Å²) in [7, 11) is 0. The van der Waals surface area contributed by atoms with Gasteiger partial charge in [-0.1, -0.05) is 12.8 Å². The molecule has 0 aliphatic heterocycles. The van der Waals surface area contributed by atoms with E-state index in [-0.39, 0.29) is 11.8 Å². The van der Waals surface area contributed by atoms with Gasteiger partial charge in [0.1, 0.15) is 0 Å². The van der Waals surface area contributed by atoms with E-state index in [0.29, 0.717) is 19.4 Å². The van der Waals surface area contributed by atoms with Crippen LogP contribution in [0.3, 0.4) is 0 Å². The highest BCUT2D eigenvalue weighted by Crippen LogP contribution is 2.30. The molecule has 1 amide bonds. The summed E-state index contributed by atoms with van der Waals surface area (Å²) in [6.07, 6.45) is 7.53. The lowest BCUT2D eigenvalue weighted by molar-refractivity contribution is -0.148. The lowest BCUT2D eigenvalue weighted by Gasteiger charge is -2.27. The molecule has 6 heteroatoms. The zero-order valence-electron chi connectivity index (χ0n) is 11.5. The fraction of sp³-hybridized carbons (Fsp3) is 0.643. The number of aryl methyl sites for hydroxylation is 1.